The molecule has 1 aliphatic heterocycles. The minimum Gasteiger partial charge on any atom is -0.369 e. The molecular formula is C20H21ClF3N3O. The second kappa shape index (κ2) is 8.41. The predicted molar refractivity (Wildman–Crippen MR) is 105 cm³/mol. The first-order chi connectivity index (χ1) is 13.2. The van der Waals surface area contributed by atoms with Crippen LogP contribution >= 0.6 is 11.6 Å². The average molecular weight is 412 g/mol. The van der Waals surface area contributed by atoms with E-state index in [-0.39, 0.29) is 18.1 Å². The van der Waals surface area contributed by atoms with Crippen molar-refractivity contribution in [2.75, 3.05) is 42.9 Å². The Labute approximate surface area is 166 Å². The number of benzene rings is 2. The van der Waals surface area contributed by atoms with E-state index in [9.17, 15) is 18.0 Å². The fourth-order valence-electron chi connectivity index (χ4n) is 3.29. The number of nitrogens with zero attached hydrogens (tertiary/aromatic N) is 2. The topological polar surface area (TPSA) is 35.6 Å². The van der Waals surface area contributed by atoms with E-state index in [1.54, 1.807) is 0 Å². The zero-order valence-corrected chi connectivity index (χ0v) is 16.1. The molecule has 0 saturated carbocycles. The maximum absolute atomic E-state index is 12.9. The zero-order valence-electron chi connectivity index (χ0n) is 15.4. The van der Waals surface area contributed by atoms with Gasteiger partial charge in [-0.1, -0.05) is 29.8 Å². The number of carbonyl (C=O) groups excluding carboxylic acids is 1. The Morgan fingerprint density at radius 3 is 2.43 bits per heavy atom. The van der Waals surface area contributed by atoms with Gasteiger partial charge in [0.25, 0.3) is 0 Å². The van der Waals surface area contributed by atoms with Gasteiger partial charge in [0.05, 0.1) is 17.1 Å². The van der Waals surface area contributed by atoms with Crippen LogP contribution in [-0.4, -0.2) is 43.5 Å². The number of nitrogens with one attached hydrogen (secondary N) is 1. The Hall–Kier alpha value is -2.25. The second-order valence-electron chi connectivity index (χ2n) is 6.79. The van der Waals surface area contributed by atoms with Crippen LogP contribution < -0.4 is 10.2 Å². The van der Waals surface area contributed by atoms with Crippen LogP contribution in [0.25, 0.3) is 0 Å². The van der Waals surface area contributed by atoms with Crippen LogP contribution in [0.15, 0.2) is 42.5 Å². The molecule has 1 aliphatic rings. The summed E-state index contributed by atoms with van der Waals surface area (Å²) in [6, 6.07) is 11.5. The summed E-state index contributed by atoms with van der Waals surface area (Å²) in [5.41, 5.74) is 1.52. The quantitative estimate of drug-likeness (QED) is 0.808. The van der Waals surface area contributed by atoms with Crippen molar-refractivity contribution in [1.82, 2.24) is 4.90 Å². The molecule has 0 spiro atoms. The SMILES string of the molecule is Cc1ccccc1N1CCN(CC(=O)Nc2ccc(Cl)c(C(F)(F)F)c2)CC1. The van der Waals surface area contributed by atoms with Gasteiger partial charge in [-0.3, -0.25) is 9.69 Å². The molecule has 1 heterocycles. The summed E-state index contributed by atoms with van der Waals surface area (Å²) in [5.74, 6) is -0.347. The third kappa shape index (κ3) is 4.97. The highest BCUT2D eigenvalue weighted by Crippen LogP contribution is 2.36. The molecule has 0 atom stereocenters. The molecule has 150 valence electrons. The van der Waals surface area contributed by atoms with E-state index in [4.69, 9.17) is 11.6 Å². The molecule has 3 rings (SSSR count). The van der Waals surface area contributed by atoms with E-state index in [1.165, 1.54) is 17.3 Å². The third-order valence-corrected chi connectivity index (χ3v) is 5.08. The molecule has 4 nitrogen and oxygen atoms in total. The molecule has 0 unspecified atom stereocenters. The van der Waals surface area contributed by atoms with E-state index in [0.717, 1.165) is 25.2 Å². The number of aryl methyl sites for hydroxylation is 1. The molecule has 2 aromatic rings. The number of carbonyl (C=O) groups is 1. The van der Waals surface area contributed by atoms with Crippen molar-refractivity contribution < 1.29 is 18.0 Å². The Bertz CT molecular complexity index is 849. The maximum Gasteiger partial charge on any atom is 0.417 e. The van der Waals surface area contributed by atoms with Crippen molar-refractivity contribution in [3.8, 4) is 0 Å². The lowest BCUT2D eigenvalue weighted by molar-refractivity contribution is -0.137. The summed E-state index contributed by atoms with van der Waals surface area (Å²) in [6.45, 7) is 5.18. The minimum atomic E-state index is -4.57. The summed E-state index contributed by atoms with van der Waals surface area (Å²) in [7, 11) is 0. The molecule has 0 bridgehead atoms. The van der Waals surface area contributed by atoms with Crippen LogP contribution in [-0.2, 0) is 11.0 Å². The van der Waals surface area contributed by atoms with Crippen molar-refractivity contribution in [1.29, 1.82) is 0 Å². The van der Waals surface area contributed by atoms with Gasteiger partial charge >= 0.3 is 6.18 Å². The molecule has 28 heavy (non-hydrogen) atoms. The van der Waals surface area contributed by atoms with Crippen LogP contribution in [0.1, 0.15) is 11.1 Å². The predicted octanol–water partition coefficient (Wildman–Crippen LogP) is 4.43. The average Bonchev–Trinajstić information content (AvgIpc) is 2.63. The molecule has 8 heteroatoms. The number of para-hydroxylation sites is 1. The first kappa shape index (κ1) is 20.5. The molecule has 0 aromatic heterocycles. The number of halogens is 4. The normalized spacial score (nSPS) is 15.5. The fraction of sp³-hybridized carbons (Fsp3) is 0.350. The summed E-state index contributed by atoms with van der Waals surface area (Å²) in [5, 5.41) is 2.14. The monoisotopic (exact) mass is 411 g/mol. The van der Waals surface area contributed by atoms with E-state index in [0.29, 0.717) is 13.1 Å². The summed E-state index contributed by atoms with van der Waals surface area (Å²) < 4.78 is 38.8. The molecule has 1 fully saturated rings. The number of anilines is 2. The number of rotatable bonds is 4. The number of hydrogen-bond donors (Lipinski definition) is 1. The molecule has 1 amide bonds. The van der Waals surface area contributed by atoms with Crippen molar-refractivity contribution in [3.63, 3.8) is 0 Å². The van der Waals surface area contributed by atoms with Crippen LogP contribution in [0.4, 0.5) is 24.5 Å². The molecule has 1 N–H and O–H groups in total. The highest BCUT2D eigenvalue weighted by atomic mass is 35.5. The standard InChI is InChI=1S/C20H21ClF3N3O/c1-14-4-2-3-5-18(14)27-10-8-26(9-11-27)13-19(28)25-15-6-7-17(21)16(12-15)20(22,23)24/h2-7,12H,8-11,13H2,1H3,(H,25,28). The zero-order chi connectivity index (χ0) is 20.3. The van der Waals surface area contributed by atoms with Gasteiger partial charge < -0.3 is 10.2 Å². The lowest BCUT2D eigenvalue weighted by Crippen LogP contribution is -2.48. The first-order valence-corrected chi connectivity index (χ1v) is 9.31. The van der Waals surface area contributed by atoms with Crippen molar-refractivity contribution in [3.05, 3.63) is 58.6 Å². The van der Waals surface area contributed by atoms with Crippen LogP contribution in [0.3, 0.4) is 0 Å². The van der Waals surface area contributed by atoms with Gasteiger partial charge in [0.2, 0.25) is 5.91 Å². The Balaban J connectivity index is 1.55. The smallest absolute Gasteiger partial charge is 0.369 e. The van der Waals surface area contributed by atoms with Gasteiger partial charge in [-0.15, -0.1) is 0 Å². The second-order valence-corrected chi connectivity index (χ2v) is 7.20. The molecule has 1 saturated heterocycles. The summed E-state index contributed by atoms with van der Waals surface area (Å²) in [6.07, 6.45) is -4.57. The Morgan fingerprint density at radius 1 is 1.11 bits per heavy atom. The van der Waals surface area contributed by atoms with Gasteiger partial charge in [-0.25, -0.2) is 0 Å². The number of piperazine rings is 1. The summed E-state index contributed by atoms with van der Waals surface area (Å²) >= 11 is 5.60. The van der Waals surface area contributed by atoms with Gasteiger partial charge in [0, 0.05) is 37.6 Å². The lowest BCUT2D eigenvalue weighted by Gasteiger charge is -2.36. The Morgan fingerprint density at radius 2 is 1.79 bits per heavy atom. The Kier molecular flexibility index (Phi) is 6.15. The van der Waals surface area contributed by atoms with Gasteiger partial charge in [0.1, 0.15) is 0 Å². The molecule has 0 aliphatic carbocycles. The first-order valence-electron chi connectivity index (χ1n) is 8.93. The largest absolute Gasteiger partial charge is 0.417 e. The fourth-order valence-corrected chi connectivity index (χ4v) is 3.51. The van der Waals surface area contributed by atoms with Gasteiger partial charge in [-0.05, 0) is 36.8 Å². The third-order valence-electron chi connectivity index (χ3n) is 4.75. The lowest BCUT2D eigenvalue weighted by atomic mass is 10.1. The van der Waals surface area contributed by atoms with Gasteiger partial charge in [0.15, 0.2) is 0 Å². The van der Waals surface area contributed by atoms with E-state index in [1.807, 2.05) is 17.0 Å². The molecule has 2 aromatic carbocycles. The van der Waals surface area contributed by atoms with Crippen molar-refractivity contribution in [2.45, 2.75) is 13.1 Å². The van der Waals surface area contributed by atoms with Crippen LogP contribution in [0.5, 0.6) is 0 Å². The number of amides is 1. The van der Waals surface area contributed by atoms with E-state index >= 15 is 0 Å². The van der Waals surface area contributed by atoms with Gasteiger partial charge in [-0.2, -0.15) is 13.2 Å². The van der Waals surface area contributed by atoms with E-state index < -0.39 is 16.8 Å². The molecule has 0 radical (unpaired) electrons. The minimum absolute atomic E-state index is 0.0836. The number of hydrogen-bond acceptors (Lipinski definition) is 3. The van der Waals surface area contributed by atoms with Crippen molar-refractivity contribution in [2.24, 2.45) is 0 Å². The highest BCUT2D eigenvalue weighted by Gasteiger charge is 2.33. The maximum atomic E-state index is 12.9. The number of alkyl halides is 3. The molecular weight excluding hydrogens is 391 g/mol. The van der Waals surface area contributed by atoms with Crippen LogP contribution in [0, 0.1) is 6.92 Å². The van der Waals surface area contributed by atoms with Crippen molar-refractivity contribution >= 4 is 28.9 Å². The van der Waals surface area contributed by atoms with Crippen LogP contribution in [0.2, 0.25) is 5.02 Å². The van der Waals surface area contributed by atoms with E-state index in [2.05, 4.69) is 29.3 Å². The highest BCUT2D eigenvalue weighted by molar-refractivity contribution is 6.31. The summed E-state index contributed by atoms with van der Waals surface area (Å²) in [4.78, 5) is 16.5.